The molecule has 1 nitrogen and oxygen atoms in total. The van der Waals surface area contributed by atoms with Crippen LogP contribution in [0.2, 0.25) is 0 Å². The molecule has 1 aliphatic heterocycles. The van der Waals surface area contributed by atoms with Crippen LogP contribution in [0.1, 0.15) is 41.6 Å². The Labute approximate surface area is 109 Å². The lowest BCUT2D eigenvalue weighted by molar-refractivity contribution is 0.666. The zero-order chi connectivity index (χ0) is 12.4. The summed E-state index contributed by atoms with van der Waals surface area (Å²) < 4.78 is 0. The summed E-state index contributed by atoms with van der Waals surface area (Å²) in [7, 11) is 0. The van der Waals surface area contributed by atoms with Gasteiger partial charge in [-0.05, 0) is 28.7 Å². The quantitative estimate of drug-likeness (QED) is 0.855. The molecule has 0 aromatic heterocycles. The van der Waals surface area contributed by atoms with Crippen molar-refractivity contribution in [3.8, 4) is 0 Å². The number of hydrogen-bond donors (Lipinski definition) is 1. The van der Waals surface area contributed by atoms with E-state index >= 15 is 0 Å². The zero-order valence-corrected chi connectivity index (χ0v) is 10.8. The van der Waals surface area contributed by atoms with Crippen LogP contribution in [0.25, 0.3) is 0 Å². The first-order chi connectivity index (χ1) is 8.88. The van der Waals surface area contributed by atoms with Crippen molar-refractivity contribution in [3.63, 3.8) is 0 Å². The van der Waals surface area contributed by atoms with Gasteiger partial charge in [-0.15, -0.1) is 0 Å². The molecule has 1 unspecified atom stereocenters. The lowest BCUT2D eigenvalue weighted by Gasteiger charge is -2.14. The second-order valence-electron chi connectivity index (χ2n) is 5.01. The van der Waals surface area contributed by atoms with E-state index in [1.54, 1.807) is 0 Å². The van der Waals surface area contributed by atoms with Crippen molar-refractivity contribution in [1.82, 2.24) is 5.32 Å². The van der Waals surface area contributed by atoms with E-state index in [-0.39, 0.29) is 0 Å². The second kappa shape index (κ2) is 4.95. The molecule has 1 heteroatoms. The van der Waals surface area contributed by atoms with E-state index in [2.05, 4.69) is 60.8 Å². The average molecular weight is 237 g/mol. The van der Waals surface area contributed by atoms with Gasteiger partial charge in [-0.1, -0.05) is 61.9 Å². The number of nitrogens with one attached hydrogen (secondary N) is 1. The highest BCUT2D eigenvalue weighted by Gasteiger charge is 2.22. The molecule has 0 amide bonds. The van der Waals surface area contributed by atoms with E-state index in [9.17, 15) is 0 Å². The predicted octanol–water partition coefficient (Wildman–Crippen LogP) is 3.83. The summed E-state index contributed by atoms with van der Waals surface area (Å²) in [6.07, 6.45) is 2.38. The Morgan fingerprint density at radius 3 is 2.89 bits per heavy atom. The molecule has 2 aromatic carbocycles. The van der Waals surface area contributed by atoms with Gasteiger partial charge >= 0.3 is 0 Å². The summed E-state index contributed by atoms with van der Waals surface area (Å²) in [5, 5.41) is 3.61. The second-order valence-corrected chi connectivity index (χ2v) is 5.01. The van der Waals surface area contributed by atoms with Gasteiger partial charge in [0.05, 0.1) is 6.04 Å². The molecule has 0 spiro atoms. The van der Waals surface area contributed by atoms with Crippen LogP contribution in [-0.2, 0) is 13.0 Å². The summed E-state index contributed by atoms with van der Waals surface area (Å²) in [5.41, 5.74) is 5.71. The van der Waals surface area contributed by atoms with Crippen LogP contribution < -0.4 is 5.32 Å². The highest BCUT2D eigenvalue weighted by molar-refractivity contribution is 5.41. The number of hydrogen-bond acceptors (Lipinski definition) is 1. The van der Waals surface area contributed by atoms with Gasteiger partial charge in [-0.25, -0.2) is 0 Å². The van der Waals surface area contributed by atoms with E-state index in [0.29, 0.717) is 6.04 Å². The van der Waals surface area contributed by atoms with E-state index in [0.717, 1.165) is 6.54 Å². The Kier molecular flexibility index (Phi) is 3.16. The van der Waals surface area contributed by atoms with Crippen molar-refractivity contribution in [1.29, 1.82) is 0 Å². The summed E-state index contributed by atoms with van der Waals surface area (Å²) in [5.74, 6) is 0. The molecule has 18 heavy (non-hydrogen) atoms. The van der Waals surface area contributed by atoms with Crippen LogP contribution in [0.3, 0.4) is 0 Å². The molecule has 92 valence electrons. The van der Waals surface area contributed by atoms with Crippen molar-refractivity contribution in [3.05, 3.63) is 70.8 Å². The maximum Gasteiger partial charge on any atom is 0.0582 e. The van der Waals surface area contributed by atoms with Crippen molar-refractivity contribution in [2.75, 3.05) is 0 Å². The maximum atomic E-state index is 3.61. The molecule has 3 rings (SSSR count). The molecule has 0 bridgehead atoms. The van der Waals surface area contributed by atoms with Crippen molar-refractivity contribution in [2.45, 2.75) is 32.4 Å². The van der Waals surface area contributed by atoms with Gasteiger partial charge in [0.1, 0.15) is 0 Å². The molecule has 0 fully saturated rings. The Morgan fingerprint density at radius 1 is 1.11 bits per heavy atom. The van der Waals surface area contributed by atoms with Gasteiger partial charge in [0.2, 0.25) is 0 Å². The SMILES string of the molecule is CCCc1cccc(C2NCc3ccccc32)c1. The highest BCUT2D eigenvalue weighted by atomic mass is 14.9. The highest BCUT2D eigenvalue weighted by Crippen LogP contribution is 2.30. The van der Waals surface area contributed by atoms with E-state index in [1.807, 2.05) is 0 Å². The Balaban J connectivity index is 1.94. The van der Waals surface area contributed by atoms with E-state index < -0.39 is 0 Å². The fourth-order valence-corrected chi connectivity index (χ4v) is 2.81. The van der Waals surface area contributed by atoms with Gasteiger partial charge in [-0.3, -0.25) is 0 Å². The van der Waals surface area contributed by atoms with Gasteiger partial charge in [-0.2, -0.15) is 0 Å². The Hall–Kier alpha value is -1.60. The molecule has 0 saturated carbocycles. The molecule has 0 aliphatic carbocycles. The molecule has 0 saturated heterocycles. The topological polar surface area (TPSA) is 12.0 Å². The van der Waals surface area contributed by atoms with Crippen molar-refractivity contribution in [2.24, 2.45) is 0 Å². The minimum Gasteiger partial charge on any atom is -0.302 e. The van der Waals surface area contributed by atoms with Crippen molar-refractivity contribution >= 4 is 0 Å². The van der Waals surface area contributed by atoms with Crippen molar-refractivity contribution < 1.29 is 0 Å². The van der Waals surface area contributed by atoms with Crippen LogP contribution in [0.4, 0.5) is 0 Å². The molecule has 0 radical (unpaired) electrons. The molecule has 1 aliphatic rings. The maximum absolute atomic E-state index is 3.61. The summed E-state index contributed by atoms with van der Waals surface area (Å²) in [6.45, 7) is 3.22. The monoisotopic (exact) mass is 237 g/mol. The minimum absolute atomic E-state index is 0.373. The molecule has 1 heterocycles. The molecular weight excluding hydrogens is 218 g/mol. The molecule has 1 atom stereocenters. The fourth-order valence-electron chi connectivity index (χ4n) is 2.81. The Bertz CT molecular complexity index is 545. The lowest BCUT2D eigenvalue weighted by atomic mass is 9.96. The van der Waals surface area contributed by atoms with Crippen LogP contribution in [0.15, 0.2) is 48.5 Å². The largest absolute Gasteiger partial charge is 0.302 e. The first kappa shape index (κ1) is 11.5. The normalized spacial score (nSPS) is 17.7. The third-order valence-electron chi connectivity index (χ3n) is 3.69. The molecule has 1 N–H and O–H groups in total. The van der Waals surface area contributed by atoms with E-state index in [1.165, 1.54) is 35.1 Å². The van der Waals surface area contributed by atoms with Gasteiger partial charge in [0.15, 0.2) is 0 Å². The van der Waals surface area contributed by atoms with Gasteiger partial charge < -0.3 is 5.32 Å². The first-order valence-electron chi connectivity index (χ1n) is 6.78. The van der Waals surface area contributed by atoms with Gasteiger partial charge in [0, 0.05) is 6.54 Å². The first-order valence-corrected chi connectivity index (χ1v) is 6.78. The lowest BCUT2D eigenvalue weighted by Crippen LogP contribution is -2.13. The average Bonchev–Trinajstić information content (AvgIpc) is 2.83. The van der Waals surface area contributed by atoms with E-state index in [4.69, 9.17) is 0 Å². The molecule has 2 aromatic rings. The smallest absolute Gasteiger partial charge is 0.0582 e. The minimum atomic E-state index is 0.373. The third kappa shape index (κ3) is 2.06. The zero-order valence-electron chi connectivity index (χ0n) is 10.8. The van der Waals surface area contributed by atoms with Crippen LogP contribution in [-0.4, -0.2) is 0 Å². The fraction of sp³-hybridized carbons (Fsp3) is 0.294. The number of aryl methyl sites for hydroxylation is 1. The predicted molar refractivity (Wildman–Crippen MR) is 75.6 cm³/mol. The van der Waals surface area contributed by atoms with Gasteiger partial charge in [0.25, 0.3) is 0 Å². The number of benzene rings is 2. The summed E-state index contributed by atoms with van der Waals surface area (Å²) in [6, 6.07) is 18.1. The standard InChI is InChI=1S/C17H19N/c1-2-6-13-7-5-9-14(11-13)17-16-10-4-3-8-15(16)12-18-17/h3-5,7-11,17-18H,2,6,12H2,1H3. The summed E-state index contributed by atoms with van der Waals surface area (Å²) >= 11 is 0. The van der Waals surface area contributed by atoms with Crippen LogP contribution in [0.5, 0.6) is 0 Å². The Morgan fingerprint density at radius 2 is 2.00 bits per heavy atom. The number of fused-ring (bicyclic) bond motifs is 1. The van der Waals surface area contributed by atoms with Crippen LogP contribution in [0, 0.1) is 0 Å². The third-order valence-corrected chi connectivity index (χ3v) is 3.69. The van der Waals surface area contributed by atoms with Crippen LogP contribution >= 0.6 is 0 Å². The summed E-state index contributed by atoms with van der Waals surface area (Å²) in [4.78, 5) is 0. The molecular formula is C17H19N. The number of rotatable bonds is 3.